The van der Waals surface area contributed by atoms with Crippen LogP contribution in [0.2, 0.25) is 0 Å². The summed E-state index contributed by atoms with van der Waals surface area (Å²) in [6, 6.07) is 18.7. The van der Waals surface area contributed by atoms with E-state index >= 15 is 0 Å². The Kier molecular flexibility index (Phi) is 8.28. The van der Waals surface area contributed by atoms with Crippen molar-refractivity contribution in [3.05, 3.63) is 101 Å². The second-order valence-corrected chi connectivity index (χ2v) is 12.5. The average molecular weight is 577 g/mol. The summed E-state index contributed by atoms with van der Waals surface area (Å²) in [7, 11) is -3.74. The molecule has 4 aromatic rings. The fraction of sp³-hybridized carbons (Fsp3) is 0.281. The van der Waals surface area contributed by atoms with Gasteiger partial charge in [0, 0.05) is 17.0 Å². The van der Waals surface area contributed by atoms with Crippen molar-refractivity contribution < 1.29 is 26.8 Å². The molecular weight excluding hydrogens is 543 g/mol. The van der Waals surface area contributed by atoms with Crippen LogP contribution in [0, 0.1) is 11.7 Å². The second kappa shape index (κ2) is 11.9. The zero-order valence-electron chi connectivity index (χ0n) is 22.9. The lowest BCUT2D eigenvalue weighted by Gasteiger charge is -2.26. The number of anilines is 1. The Labute approximate surface area is 239 Å². The molecule has 0 atom stereocenters. The molecule has 1 aliphatic carbocycles. The van der Waals surface area contributed by atoms with Crippen LogP contribution < -0.4 is 10.0 Å². The molecule has 0 bridgehead atoms. The van der Waals surface area contributed by atoms with E-state index in [1.54, 1.807) is 12.1 Å². The monoisotopic (exact) mass is 576 g/mol. The largest absolute Gasteiger partial charge is 0.455 e. The molecule has 1 fully saturated rings. The van der Waals surface area contributed by atoms with Gasteiger partial charge < -0.3 is 14.9 Å². The molecule has 41 heavy (non-hydrogen) atoms. The molecule has 9 heteroatoms. The first-order valence-corrected chi connectivity index (χ1v) is 15.4. The lowest BCUT2D eigenvalue weighted by molar-refractivity contribution is 0.100. The molecule has 0 unspecified atom stereocenters. The molecular formula is C32H33FN2O5S. The van der Waals surface area contributed by atoms with Crippen LogP contribution in [-0.4, -0.2) is 33.7 Å². The number of nitrogens with zero attached hydrogens (tertiary/aromatic N) is 1. The fourth-order valence-corrected chi connectivity index (χ4v) is 5.89. The molecule has 1 heterocycles. The minimum absolute atomic E-state index is 0.0176. The quantitative estimate of drug-likeness (QED) is 0.190. The summed E-state index contributed by atoms with van der Waals surface area (Å²) in [5, 5.41) is 0.491. The third-order valence-electron chi connectivity index (χ3n) is 7.21. The summed E-state index contributed by atoms with van der Waals surface area (Å²) in [5.74, 6) is -0.302. The zero-order valence-corrected chi connectivity index (χ0v) is 23.8. The number of hydrogen-bond donors (Lipinski definition) is 1. The topological polar surface area (TPSA) is 103 Å². The molecule has 5 rings (SSSR count). The second-order valence-electron chi connectivity index (χ2n) is 10.6. The average Bonchev–Trinajstić information content (AvgIpc) is 3.69. The number of benzene rings is 3. The molecule has 0 saturated heterocycles. The molecule has 214 valence electrons. The summed E-state index contributed by atoms with van der Waals surface area (Å²) in [5.41, 5.74) is 9.58. The third-order valence-corrected chi connectivity index (χ3v) is 8.34. The van der Waals surface area contributed by atoms with Gasteiger partial charge in [0.05, 0.1) is 37.3 Å². The lowest BCUT2D eigenvalue weighted by Crippen LogP contribution is -2.33. The van der Waals surface area contributed by atoms with Crippen molar-refractivity contribution in [2.75, 3.05) is 23.7 Å². The maximum Gasteiger partial charge on any atom is 0.253 e. The molecule has 7 nitrogen and oxygen atoms in total. The van der Waals surface area contributed by atoms with Gasteiger partial charge in [-0.05, 0) is 65.8 Å². The highest BCUT2D eigenvalue weighted by molar-refractivity contribution is 7.92. The summed E-state index contributed by atoms with van der Waals surface area (Å²) in [6.45, 7) is 4.66. The number of ether oxygens (including phenoxy) is 1. The summed E-state index contributed by atoms with van der Waals surface area (Å²) < 4.78 is 53.1. The van der Waals surface area contributed by atoms with Gasteiger partial charge in [-0.15, -0.1) is 0 Å². The van der Waals surface area contributed by atoms with Gasteiger partial charge in [-0.3, -0.25) is 9.10 Å². The number of carbonyl (C=O) groups is 1. The van der Waals surface area contributed by atoms with E-state index in [0.717, 1.165) is 36.6 Å². The van der Waals surface area contributed by atoms with E-state index in [1.165, 1.54) is 28.6 Å². The van der Waals surface area contributed by atoms with Crippen LogP contribution in [-0.2, 0) is 27.8 Å². The van der Waals surface area contributed by atoms with Crippen LogP contribution in [0.25, 0.3) is 22.3 Å². The molecule has 1 aliphatic rings. The number of carbonyl (C=O) groups excluding carboxylic acids is 1. The number of sulfonamides is 1. The third kappa shape index (κ3) is 6.86. The summed E-state index contributed by atoms with van der Waals surface area (Å²) in [6.07, 6.45) is 4.96. The number of fused-ring (bicyclic) bond motifs is 1. The normalized spacial score (nSPS) is 13.4. The highest BCUT2D eigenvalue weighted by Crippen LogP contribution is 2.40. The Morgan fingerprint density at radius 1 is 1.12 bits per heavy atom. The van der Waals surface area contributed by atoms with Crippen molar-refractivity contribution >= 4 is 32.6 Å². The van der Waals surface area contributed by atoms with Crippen LogP contribution in [0.4, 0.5) is 10.1 Å². The van der Waals surface area contributed by atoms with Gasteiger partial charge in [0.1, 0.15) is 17.2 Å². The van der Waals surface area contributed by atoms with Gasteiger partial charge in [-0.1, -0.05) is 49.8 Å². The first-order valence-electron chi connectivity index (χ1n) is 13.5. The first kappa shape index (κ1) is 28.6. The molecule has 1 aromatic heterocycles. The van der Waals surface area contributed by atoms with Crippen molar-refractivity contribution in [1.82, 2.24) is 0 Å². The Bertz CT molecular complexity index is 1680. The van der Waals surface area contributed by atoms with Gasteiger partial charge in [0.25, 0.3) is 5.91 Å². The van der Waals surface area contributed by atoms with Gasteiger partial charge in [0.2, 0.25) is 10.0 Å². The first-order chi connectivity index (χ1) is 19.6. The van der Waals surface area contributed by atoms with Gasteiger partial charge in [-0.25, -0.2) is 12.8 Å². The maximum absolute atomic E-state index is 13.6. The van der Waals surface area contributed by atoms with Crippen LogP contribution in [0.3, 0.4) is 0 Å². The summed E-state index contributed by atoms with van der Waals surface area (Å²) in [4.78, 5) is 12.6. The van der Waals surface area contributed by atoms with Gasteiger partial charge >= 0.3 is 0 Å². The Hall–Kier alpha value is -3.95. The SMILES string of the molecule is C=C(COCc1ccccc1)CN(c1cc2oc(-c3ccc(F)cc3)c(C(N)=O)c2cc1CCC1CC1)S(C)(=O)=O. The van der Waals surface area contributed by atoms with Crippen LogP contribution in [0.5, 0.6) is 0 Å². The maximum atomic E-state index is 13.6. The van der Waals surface area contributed by atoms with E-state index in [4.69, 9.17) is 14.9 Å². The Morgan fingerprint density at radius 3 is 2.46 bits per heavy atom. The van der Waals surface area contributed by atoms with Crippen molar-refractivity contribution in [3.63, 3.8) is 0 Å². The Morgan fingerprint density at radius 2 is 1.83 bits per heavy atom. The van der Waals surface area contributed by atoms with E-state index < -0.39 is 21.7 Å². The Balaban J connectivity index is 1.52. The highest BCUT2D eigenvalue weighted by atomic mass is 32.2. The molecule has 1 saturated carbocycles. The minimum Gasteiger partial charge on any atom is -0.455 e. The number of nitrogens with two attached hydrogens (primary N) is 1. The molecule has 3 aromatic carbocycles. The molecule has 2 N–H and O–H groups in total. The van der Waals surface area contributed by atoms with E-state index in [-0.39, 0.29) is 24.5 Å². The van der Waals surface area contributed by atoms with Crippen molar-refractivity contribution in [2.45, 2.75) is 32.3 Å². The standard InChI is InChI=1S/C32H33FN2O5S/c1-21(19-39-20-23-6-4-3-5-7-23)18-35(41(2,37)38)28-17-29-27(16-25(28)11-10-22-8-9-22)30(32(34)36)31(40-29)24-12-14-26(33)15-13-24/h3-7,12-17,22H,1,8-11,18-20H2,2H3,(H2,34,36). The number of aryl methyl sites for hydroxylation is 1. The lowest BCUT2D eigenvalue weighted by atomic mass is 9.99. The van der Waals surface area contributed by atoms with Crippen LogP contribution in [0.15, 0.2) is 83.3 Å². The van der Waals surface area contributed by atoms with Crippen molar-refractivity contribution in [1.29, 1.82) is 0 Å². The highest BCUT2D eigenvalue weighted by Gasteiger charge is 2.28. The molecule has 0 spiro atoms. The van der Waals surface area contributed by atoms with Crippen molar-refractivity contribution in [2.24, 2.45) is 11.7 Å². The number of primary amides is 1. The smallest absolute Gasteiger partial charge is 0.253 e. The van der Waals surface area contributed by atoms with E-state index in [0.29, 0.717) is 46.7 Å². The van der Waals surface area contributed by atoms with E-state index in [2.05, 4.69) is 6.58 Å². The van der Waals surface area contributed by atoms with Gasteiger partial charge in [-0.2, -0.15) is 0 Å². The van der Waals surface area contributed by atoms with Gasteiger partial charge in [0.15, 0.2) is 0 Å². The molecule has 0 aliphatic heterocycles. The zero-order chi connectivity index (χ0) is 29.1. The van der Waals surface area contributed by atoms with Crippen molar-refractivity contribution in [3.8, 4) is 11.3 Å². The van der Waals surface area contributed by atoms with Crippen LogP contribution >= 0.6 is 0 Å². The molecule has 0 radical (unpaired) electrons. The number of rotatable bonds is 13. The number of furan rings is 1. The predicted octanol–water partition coefficient (Wildman–Crippen LogP) is 6.22. The predicted molar refractivity (Wildman–Crippen MR) is 159 cm³/mol. The van der Waals surface area contributed by atoms with E-state index in [9.17, 15) is 17.6 Å². The minimum atomic E-state index is -3.74. The number of amides is 1. The number of halogens is 1. The van der Waals surface area contributed by atoms with Crippen LogP contribution in [0.1, 0.15) is 40.7 Å². The van der Waals surface area contributed by atoms with E-state index in [1.807, 2.05) is 30.3 Å². The number of hydrogen-bond acceptors (Lipinski definition) is 5. The summed E-state index contributed by atoms with van der Waals surface area (Å²) >= 11 is 0. The molecule has 1 amide bonds. The fourth-order valence-electron chi connectivity index (χ4n) is 4.94.